The number of carbonyl (C=O) groups excluding carboxylic acids is 1. The van der Waals surface area contributed by atoms with Gasteiger partial charge >= 0.3 is 6.18 Å². The smallest absolute Gasteiger partial charge is 0.331 e. The summed E-state index contributed by atoms with van der Waals surface area (Å²) in [5.41, 5.74) is -0.616. The standard InChI is InChI=1S/C17H14F4N2O/c18-14-4-2-1-3-12(14)10-23(13-6-7-13)16(24)11-5-8-15(22-9-11)17(19,20)21/h1-5,8-9,13H,6-7,10H2. The van der Waals surface area contributed by atoms with E-state index < -0.39 is 23.6 Å². The quantitative estimate of drug-likeness (QED) is 0.788. The lowest BCUT2D eigenvalue weighted by molar-refractivity contribution is -0.141. The molecule has 0 N–H and O–H groups in total. The summed E-state index contributed by atoms with van der Waals surface area (Å²) in [6.45, 7) is 0.0806. The van der Waals surface area contributed by atoms with Crippen molar-refractivity contribution in [2.75, 3.05) is 0 Å². The van der Waals surface area contributed by atoms with Crippen LogP contribution in [0.4, 0.5) is 17.6 Å². The predicted molar refractivity (Wildman–Crippen MR) is 78.5 cm³/mol. The van der Waals surface area contributed by atoms with Crippen LogP contribution in [-0.2, 0) is 12.7 Å². The van der Waals surface area contributed by atoms with E-state index in [0.717, 1.165) is 31.2 Å². The average molecular weight is 338 g/mol. The number of nitrogens with zero attached hydrogens (tertiary/aromatic N) is 2. The van der Waals surface area contributed by atoms with Crippen molar-refractivity contribution in [3.05, 3.63) is 65.2 Å². The van der Waals surface area contributed by atoms with Gasteiger partial charge in [0, 0.05) is 24.3 Å². The first-order chi connectivity index (χ1) is 11.4. The predicted octanol–water partition coefficient (Wildman–Crippen LogP) is 4.04. The van der Waals surface area contributed by atoms with Crippen molar-refractivity contribution in [1.29, 1.82) is 0 Å². The molecule has 0 bridgehead atoms. The van der Waals surface area contributed by atoms with Gasteiger partial charge in [0.15, 0.2) is 0 Å². The van der Waals surface area contributed by atoms with E-state index in [4.69, 9.17) is 0 Å². The summed E-state index contributed by atoms with van der Waals surface area (Å²) >= 11 is 0. The molecule has 0 unspecified atom stereocenters. The van der Waals surface area contributed by atoms with Gasteiger partial charge in [0.2, 0.25) is 0 Å². The van der Waals surface area contributed by atoms with Crippen LogP contribution in [0.25, 0.3) is 0 Å². The van der Waals surface area contributed by atoms with Gasteiger partial charge in [-0.1, -0.05) is 18.2 Å². The highest BCUT2D eigenvalue weighted by molar-refractivity contribution is 5.94. The Kier molecular flexibility index (Phi) is 4.26. The van der Waals surface area contributed by atoms with Gasteiger partial charge in [-0.25, -0.2) is 4.39 Å². The third-order valence-corrected chi connectivity index (χ3v) is 3.85. The van der Waals surface area contributed by atoms with Gasteiger partial charge in [-0.2, -0.15) is 13.2 Å². The number of rotatable bonds is 4. The summed E-state index contributed by atoms with van der Waals surface area (Å²) in [7, 11) is 0. The molecule has 0 atom stereocenters. The largest absolute Gasteiger partial charge is 0.433 e. The highest BCUT2D eigenvalue weighted by Crippen LogP contribution is 2.31. The molecule has 1 aliphatic rings. The van der Waals surface area contributed by atoms with Crippen molar-refractivity contribution in [3.63, 3.8) is 0 Å². The van der Waals surface area contributed by atoms with Crippen LogP contribution in [-0.4, -0.2) is 21.8 Å². The lowest BCUT2D eigenvalue weighted by atomic mass is 10.1. The Bertz CT molecular complexity index is 739. The average Bonchev–Trinajstić information content (AvgIpc) is 3.37. The van der Waals surface area contributed by atoms with Gasteiger partial charge < -0.3 is 4.90 Å². The molecule has 126 valence electrons. The number of amides is 1. The van der Waals surface area contributed by atoms with Crippen LogP contribution in [0.1, 0.15) is 34.5 Å². The van der Waals surface area contributed by atoms with E-state index in [1.54, 1.807) is 18.2 Å². The van der Waals surface area contributed by atoms with Gasteiger partial charge in [0.05, 0.1) is 5.56 Å². The van der Waals surface area contributed by atoms with Crippen molar-refractivity contribution in [1.82, 2.24) is 9.88 Å². The maximum atomic E-state index is 13.8. The second kappa shape index (κ2) is 6.22. The number of hydrogen-bond acceptors (Lipinski definition) is 2. The molecule has 3 rings (SSSR count). The molecule has 2 aromatic rings. The van der Waals surface area contributed by atoms with Crippen LogP contribution in [0.5, 0.6) is 0 Å². The SMILES string of the molecule is O=C(c1ccc(C(F)(F)F)nc1)N(Cc1ccccc1F)C1CC1. The molecule has 0 spiro atoms. The molecule has 0 saturated heterocycles. The first-order valence-electron chi connectivity index (χ1n) is 7.44. The molecule has 1 aliphatic carbocycles. The molecule has 1 heterocycles. The number of carbonyl (C=O) groups is 1. The zero-order valence-electron chi connectivity index (χ0n) is 12.6. The van der Waals surface area contributed by atoms with Crippen molar-refractivity contribution < 1.29 is 22.4 Å². The Hall–Kier alpha value is -2.44. The Morgan fingerprint density at radius 2 is 1.88 bits per heavy atom. The van der Waals surface area contributed by atoms with E-state index in [9.17, 15) is 22.4 Å². The zero-order valence-corrected chi connectivity index (χ0v) is 12.6. The minimum Gasteiger partial charge on any atom is -0.331 e. The molecule has 1 aromatic carbocycles. The minimum absolute atomic E-state index is 0.0144. The second-order valence-electron chi connectivity index (χ2n) is 5.69. The lowest BCUT2D eigenvalue weighted by Gasteiger charge is -2.23. The zero-order chi connectivity index (χ0) is 17.3. The van der Waals surface area contributed by atoms with Gasteiger partial charge in [0.1, 0.15) is 11.5 Å². The summed E-state index contributed by atoms with van der Waals surface area (Å²) < 4.78 is 51.5. The molecule has 7 heteroatoms. The van der Waals surface area contributed by atoms with Crippen molar-refractivity contribution in [3.8, 4) is 0 Å². The number of alkyl halides is 3. The molecule has 1 fully saturated rings. The second-order valence-corrected chi connectivity index (χ2v) is 5.69. The normalized spacial score (nSPS) is 14.5. The maximum Gasteiger partial charge on any atom is 0.433 e. The van der Waals surface area contributed by atoms with Crippen LogP contribution in [0, 0.1) is 5.82 Å². The van der Waals surface area contributed by atoms with E-state index in [2.05, 4.69) is 4.98 Å². The van der Waals surface area contributed by atoms with Crippen molar-refractivity contribution >= 4 is 5.91 Å². The summed E-state index contributed by atoms with van der Waals surface area (Å²) in [4.78, 5) is 17.4. The van der Waals surface area contributed by atoms with E-state index in [-0.39, 0.29) is 18.2 Å². The Balaban J connectivity index is 1.81. The Morgan fingerprint density at radius 3 is 2.42 bits per heavy atom. The Labute approximate surface area is 135 Å². The molecule has 1 saturated carbocycles. The highest BCUT2D eigenvalue weighted by Gasteiger charge is 2.35. The lowest BCUT2D eigenvalue weighted by Crippen LogP contribution is -2.33. The Morgan fingerprint density at radius 1 is 1.17 bits per heavy atom. The van der Waals surface area contributed by atoms with Gasteiger partial charge in [-0.15, -0.1) is 0 Å². The molecule has 0 radical (unpaired) electrons. The van der Waals surface area contributed by atoms with E-state index in [1.165, 1.54) is 11.0 Å². The van der Waals surface area contributed by atoms with Crippen LogP contribution in [0.3, 0.4) is 0 Å². The summed E-state index contributed by atoms with van der Waals surface area (Å²) in [5, 5.41) is 0. The van der Waals surface area contributed by atoms with Crippen molar-refractivity contribution in [2.45, 2.75) is 31.6 Å². The van der Waals surface area contributed by atoms with Gasteiger partial charge in [-0.05, 0) is 31.0 Å². The van der Waals surface area contributed by atoms with Crippen LogP contribution in [0.2, 0.25) is 0 Å². The third kappa shape index (κ3) is 3.55. The van der Waals surface area contributed by atoms with Gasteiger partial charge in [0.25, 0.3) is 5.91 Å². The van der Waals surface area contributed by atoms with Crippen LogP contribution < -0.4 is 0 Å². The minimum atomic E-state index is -4.55. The molecule has 1 amide bonds. The first-order valence-corrected chi connectivity index (χ1v) is 7.44. The fraction of sp³-hybridized carbons (Fsp3) is 0.294. The molecule has 3 nitrogen and oxygen atoms in total. The molecule has 0 aliphatic heterocycles. The van der Waals surface area contributed by atoms with Crippen LogP contribution in [0.15, 0.2) is 42.6 Å². The number of hydrogen-bond donors (Lipinski definition) is 0. The summed E-state index contributed by atoms with van der Waals surface area (Å²) in [6, 6.07) is 8.00. The van der Waals surface area contributed by atoms with Crippen LogP contribution >= 0.6 is 0 Å². The maximum absolute atomic E-state index is 13.8. The number of aromatic nitrogens is 1. The fourth-order valence-electron chi connectivity index (χ4n) is 2.42. The number of benzene rings is 1. The highest BCUT2D eigenvalue weighted by atomic mass is 19.4. The summed E-state index contributed by atoms with van der Waals surface area (Å²) in [6.07, 6.45) is -2.03. The molecular formula is C17H14F4N2O. The first kappa shape index (κ1) is 16.4. The van der Waals surface area contributed by atoms with E-state index >= 15 is 0 Å². The fourth-order valence-corrected chi connectivity index (χ4v) is 2.42. The third-order valence-electron chi connectivity index (χ3n) is 3.85. The topological polar surface area (TPSA) is 33.2 Å². The van der Waals surface area contributed by atoms with Crippen molar-refractivity contribution in [2.24, 2.45) is 0 Å². The summed E-state index contributed by atoms with van der Waals surface area (Å²) in [5.74, 6) is -0.858. The molecular weight excluding hydrogens is 324 g/mol. The molecule has 1 aromatic heterocycles. The van der Waals surface area contributed by atoms with E-state index in [1.807, 2.05) is 0 Å². The molecule has 24 heavy (non-hydrogen) atoms. The monoisotopic (exact) mass is 338 g/mol. The number of pyridine rings is 1. The van der Waals surface area contributed by atoms with E-state index in [0.29, 0.717) is 5.56 Å². The van der Waals surface area contributed by atoms with Gasteiger partial charge in [-0.3, -0.25) is 9.78 Å². The number of halogens is 4.